The fraction of sp³-hybridized carbons (Fsp3) is 0.286. The van der Waals surface area contributed by atoms with Gasteiger partial charge in [0.05, 0.1) is 18.6 Å². The first kappa shape index (κ1) is 28.3. The van der Waals surface area contributed by atoms with Crippen LogP contribution in [0.4, 0.5) is 20.2 Å². The average Bonchev–Trinajstić information content (AvgIpc) is 2.81. The van der Waals surface area contributed by atoms with E-state index in [1.807, 2.05) is 31.2 Å². The summed E-state index contributed by atoms with van der Waals surface area (Å²) >= 11 is 0. The lowest BCUT2D eigenvalue weighted by atomic mass is 10.0. The highest BCUT2D eigenvalue weighted by molar-refractivity contribution is 6.00. The van der Waals surface area contributed by atoms with Crippen LogP contribution in [0.2, 0.25) is 0 Å². The topological polar surface area (TPSA) is 67.2 Å². The standard InChI is InChI=1S/C28H34F2N4O2/c1-9-21-15-25(32-10-2)24(17-26(21)35-8)19(4)36-23-13-11-12-22(16-23)34-20(5)33-18(3)14-27(31-7)28(6,29)30/h10-17,33-34H,4-5,9H2,1-3,6-8H3/b18-14+,31-27?,32-10?. The van der Waals surface area contributed by atoms with E-state index in [0.29, 0.717) is 34.3 Å². The van der Waals surface area contributed by atoms with Crippen LogP contribution in [0.15, 0.2) is 77.1 Å². The molecule has 0 aliphatic heterocycles. The summed E-state index contributed by atoms with van der Waals surface area (Å²) in [5.41, 5.74) is 3.31. The lowest BCUT2D eigenvalue weighted by molar-refractivity contribution is 0.101. The van der Waals surface area contributed by atoms with Crippen molar-refractivity contribution in [1.82, 2.24) is 5.32 Å². The number of halogens is 2. The number of aliphatic imine (C=N–C) groups is 2. The third kappa shape index (κ3) is 7.80. The lowest BCUT2D eigenvalue weighted by Crippen LogP contribution is -2.25. The summed E-state index contributed by atoms with van der Waals surface area (Å²) in [6, 6.07) is 11.1. The molecule has 2 aromatic rings. The number of hydrogen-bond donors (Lipinski definition) is 2. The molecule has 0 aliphatic rings. The van der Waals surface area contributed by atoms with Crippen molar-refractivity contribution in [1.29, 1.82) is 0 Å². The highest BCUT2D eigenvalue weighted by Crippen LogP contribution is 2.35. The van der Waals surface area contributed by atoms with Crippen LogP contribution in [0.5, 0.6) is 11.5 Å². The van der Waals surface area contributed by atoms with Gasteiger partial charge in [-0.1, -0.05) is 26.1 Å². The lowest BCUT2D eigenvalue weighted by Gasteiger charge is -2.17. The van der Waals surface area contributed by atoms with Gasteiger partial charge in [-0.25, -0.2) is 0 Å². The van der Waals surface area contributed by atoms with Gasteiger partial charge in [-0.15, -0.1) is 0 Å². The molecule has 0 aromatic heterocycles. The second kappa shape index (κ2) is 12.7. The second-order valence-electron chi connectivity index (χ2n) is 8.03. The Balaban J connectivity index is 2.18. The molecule has 0 radical (unpaired) electrons. The molecular formula is C28H34F2N4O2. The third-order valence-electron chi connectivity index (χ3n) is 5.11. The van der Waals surface area contributed by atoms with E-state index in [9.17, 15) is 8.78 Å². The normalized spacial score (nSPS) is 12.4. The van der Waals surface area contributed by atoms with Gasteiger partial charge in [-0.2, -0.15) is 8.78 Å². The van der Waals surface area contributed by atoms with E-state index in [-0.39, 0.29) is 5.71 Å². The molecule has 192 valence electrons. The van der Waals surface area contributed by atoms with Gasteiger partial charge in [0.15, 0.2) is 0 Å². The monoisotopic (exact) mass is 496 g/mol. The number of hydrogen-bond acceptors (Lipinski definition) is 6. The van der Waals surface area contributed by atoms with Crippen LogP contribution < -0.4 is 20.1 Å². The third-order valence-corrected chi connectivity index (χ3v) is 5.11. The minimum atomic E-state index is -3.04. The van der Waals surface area contributed by atoms with Gasteiger partial charge in [0.2, 0.25) is 0 Å². The number of benzene rings is 2. The molecule has 2 rings (SSSR count). The number of nitrogens with one attached hydrogen (secondary N) is 2. The van der Waals surface area contributed by atoms with E-state index in [2.05, 4.69) is 40.7 Å². The molecule has 0 aliphatic carbocycles. The number of aryl methyl sites for hydroxylation is 1. The van der Waals surface area contributed by atoms with Crippen molar-refractivity contribution in [2.45, 2.75) is 40.0 Å². The summed E-state index contributed by atoms with van der Waals surface area (Å²) < 4.78 is 38.7. The number of methoxy groups -OCH3 is 1. The molecule has 0 fully saturated rings. The van der Waals surface area contributed by atoms with E-state index in [4.69, 9.17) is 9.47 Å². The van der Waals surface area contributed by atoms with Gasteiger partial charge in [0.25, 0.3) is 5.92 Å². The maximum Gasteiger partial charge on any atom is 0.286 e. The molecular weight excluding hydrogens is 462 g/mol. The van der Waals surface area contributed by atoms with Gasteiger partial charge in [0.1, 0.15) is 23.0 Å². The van der Waals surface area contributed by atoms with Gasteiger partial charge in [-0.05, 0) is 56.2 Å². The minimum Gasteiger partial charge on any atom is -0.496 e. The number of rotatable bonds is 12. The zero-order chi connectivity index (χ0) is 26.9. The molecule has 0 saturated heterocycles. The molecule has 0 amide bonds. The molecule has 8 heteroatoms. The smallest absolute Gasteiger partial charge is 0.286 e. The van der Waals surface area contributed by atoms with Crippen molar-refractivity contribution >= 4 is 29.1 Å². The molecule has 0 spiro atoms. The van der Waals surface area contributed by atoms with Gasteiger partial charge < -0.3 is 20.1 Å². The van der Waals surface area contributed by atoms with Crippen LogP contribution in [-0.4, -0.2) is 32.0 Å². The van der Waals surface area contributed by atoms with Gasteiger partial charge >= 0.3 is 0 Å². The van der Waals surface area contributed by atoms with Gasteiger partial charge in [0, 0.05) is 43.2 Å². The van der Waals surface area contributed by atoms with Crippen LogP contribution in [0.25, 0.3) is 5.76 Å². The second-order valence-corrected chi connectivity index (χ2v) is 8.03. The molecule has 36 heavy (non-hydrogen) atoms. The molecule has 2 N–H and O–H groups in total. The zero-order valence-corrected chi connectivity index (χ0v) is 21.7. The largest absolute Gasteiger partial charge is 0.496 e. The Bertz CT molecular complexity index is 1190. The van der Waals surface area contributed by atoms with Crippen molar-refractivity contribution in [2.75, 3.05) is 19.5 Å². The van der Waals surface area contributed by atoms with Crippen LogP contribution >= 0.6 is 0 Å². The summed E-state index contributed by atoms with van der Waals surface area (Å²) in [6.07, 6.45) is 3.80. The van der Waals surface area contributed by atoms with E-state index in [0.717, 1.165) is 30.3 Å². The first-order chi connectivity index (χ1) is 17.0. The Morgan fingerprint density at radius 1 is 1.19 bits per heavy atom. The predicted molar refractivity (Wildman–Crippen MR) is 146 cm³/mol. The molecule has 0 bridgehead atoms. The quantitative estimate of drug-likeness (QED) is 0.242. The van der Waals surface area contributed by atoms with Crippen molar-refractivity contribution < 1.29 is 18.3 Å². The fourth-order valence-corrected chi connectivity index (χ4v) is 3.45. The van der Waals surface area contributed by atoms with Crippen LogP contribution in [0.3, 0.4) is 0 Å². The molecule has 0 atom stereocenters. The van der Waals surface area contributed by atoms with Crippen LogP contribution in [0.1, 0.15) is 38.8 Å². The maximum atomic E-state index is 13.6. The van der Waals surface area contributed by atoms with Crippen molar-refractivity contribution in [2.24, 2.45) is 9.98 Å². The highest BCUT2D eigenvalue weighted by atomic mass is 19.3. The Morgan fingerprint density at radius 2 is 1.92 bits per heavy atom. The Labute approximate surface area is 212 Å². The van der Waals surface area contributed by atoms with E-state index in [1.54, 1.807) is 32.4 Å². The van der Waals surface area contributed by atoms with Crippen LogP contribution in [0, 0.1) is 0 Å². The van der Waals surface area contributed by atoms with E-state index < -0.39 is 5.92 Å². The van der Waals surface area contributed by atoms with E-state index >= 15 is 0 Å². The van der Waals surface area contributed by atoms with E-state index in [1.165, 1.54) is 13.1 Å². The number of nitrogens with zero attached hydrogens (tertiary/aromatic N) is 2. The molecule has 0 saturated carbocycles. The van der Waals surface area contributed by atoms with Crippen molar-refractivity contribution in [3.63, 3.8) is 0 Å². The molecule has 6 nitrogen and oxygen atoms in total. The van der Waals surface area contributed by atoms with Crippen molar-refractivity contribution in [3.05, 3.63) is 78.3 Å². The number of anilines is 1. The Hall–Kier alpha value is -3.94. The predicted octanol–water partition coefficient (Wildman–Crippen LogP) is 7.13. The summed E-state index contributed by atoms with van der Waals surface area (Å²) in [4.78, 5) is 8.12. The Kier molecular flexibility index (Phi) is 9.96. The minimum absolute atomic E-state index is 0.329. The number of ether oxygens (including phenoxy) is 2. The highest BCUT2D eigenvalue weighted by Gasteiger charge is 2.27. The summed E-state index contributed by atoms with van der Waals surface area (Å²) in [6.45, 7) is 14.4. The average molecular weight is 497 g/mol. The first-order valence-electron chi connectivity index (χ1n) is 11.4. The molecule has 0 heterocycles. The maximum absolute atomic E-state index is 13.6. The Morgan fingerprint density at radius 3 is 2.50 bits per heavy atom. The number of allylic oxidation sites excluding steroid dienone is 2. The summed E-state index contributed by atoms with van der Waals surface area (Å²) in [7, 11) is 2.95. The van der Waals surface area contributed by atoms with Crippen molar-refractivity contribution in [3.8, 4) is 11.5 Å². The first-order valence-corrected chi connectivity index (χ1v) is 11.4. The molecule has 0 unspecified atom stereocenters. The number of alkyl halides is 2. The fourth-order valence-electron chi connectivity index (χ4n) is 3.45. The zero-order valence-electron chi connectivity index (χ0n) is 21.7. The van der Waals surface area contributed by atoms with Gasteiger partial charge in [-0.3, -0.25) is 9.98 Å². The molecule has 2 aromatic carbocycles. The SMILES string of the molecule is C=C(N/C(C)=C/C(=NC)C(C)(F)F)Nc1cccc(OC(=C)c2cc(OC)c(CC)cc2N=CC)c1. The summed E-state index contributed by atoms with van der Waals surface area (Å²) in [5, 5.41) is 6.04. The van der Waals surface area contributed by atoms with Crippen LogP contribution in [-0.2, 0) is 6.42 Å². The summed E-state index contributed by atoms with van der Waals surface area (Å²) in [5.74, 6) is -0.944.